The Morgan fingerprint density at radius 3 is 2.60 bits per heavy atom. The van der Waals surface area contributed by atoms with E-state index in [1.807, 2.05) is 16.7 Å². The zero-order valence-electron chi connectivity index (χ0n) is 12.2. The van der Waals surface area contributed by atoms with Crippen LogP contribution in [0.1, 0.15) is 63.3 Å². The Balaban J connectivity index is 1.80. The van der Waals surface area contributed by atoms with Gasteiger partial charge in [-0.1, -0.05) is 45.4 Å². The molecule has 0 saturated heterocycles. The highest BCUT2D eigenvalue weighted by atomic mass is 15.2. The number of nitriles is 1. The minimum Gasteiger partial charge on any atom is -0.286 e. The molecule has 0 aliphatic carbocycles. The van der Waals surface area contributed by atoms with Gasteiger partial charge in [-0.15, -0.1) is 10.2 Å². The quantitative estimate of drug-likeness (QED) is 0.684. The average Bonchev–Trinajstić information content (AvgIpc) is 2.88. The Kier molecular flexibility index (Phi) is 5.55. The first-order valence-corrected chi connectivity index (χ1v) is 7.59. The number of hydrogen-bond donors (Lipinski definition) is 0. The van der Waals surface area contributed by atoms with Gasteiger partial charge in [0.25, 0.3) is 0 Å². The van der Waals surface area contributed by atoms with E-state index < -0.39 is 0 Å². The van der Waals surface area contributed by atoms with Gasteiger partial charge in [0.15, 0.2) is 5.65 Å². The first-order valence-electron chi connectivity index (χ1n) is 7.59. The van der Waals surface area contributed by atoms with E-state index in [1.54, 1.807) is 6.07 Å². The van der Waals surface area contributed by atoms with E-state index >= 15 is 0 Å². The fourth-order valence-corrected chi connectivity index (χ4v) is 2.42. The van der Waals surface area contributed by atoms with Gasteiger partial charge in [0.1, 0.15) is 5.82 Å². The molecule has 0 amide bonds. The SMILES string of the molecule is CCCCCCCCCc1nnc2cc(C#N)ccn12. The van der Waals surface area contributed by atoms with Gasteiger partial charge in [0.2, 0.25) is 0 Å². The molecule has 20 heavy (non-hydrogen) atoms. The van der Waals surface area contributed by atoms with Crippen LogP contribution in [0.2, 0.25) is 0 Å². The largest absolute Gasteiger partial charge is 0.286 e. The molecule has 2 aromatic rings. The maximum atomic E-state index is 8.86. The highest BCUT2D eigenvalue weighted by Crippen LogP contribution is 2.11. The standard InChI is InChI=1S/C16H22N4/c1-2-3-4-5-6-7-8-9-15-18-19-16-12-14(13-17)10-11-20(15)16/h10-12H,2-9H2,1H3. The number of rotatable bonds is 8. The summed E-state index contributed by atoms with van der Waals surface area (Å²) in [6.07, 6.45) is 12.0. The Labute approximate surface area is 120 Å². The topological polar surface area (TPSA) is 54.0 Å². The van der Waals surface area contributed by atoms with Crippen LogP contribution in [-0.2, 0) is 6.42 Å². The number of hydrogen-bond acceptors (Lipinski definition) is 3. The normalized spacial score (nSPS) is 10.8. The first-order chi connectivity index (χ1) is 9.85. The third-order valence-corrected chi connectivity index (χ3v) is 3.61. The highest BCUT2D eigenvalue weighted by molar-refractivity contribution is 5.45. The monoisotopic (exact) mass is 270 g/mol. The number of unbranched alkanes of at least 4 members (excludes halogenated alkanes) is 6. The van der Waals surface area contributed by atoms with Crippen LogP contribution in [0, 0.1) is 11.3 Å². The minimum atomic E-state index is 0.632. The number of nitrogens with zero attached hydrogens (tertiary/aromatic N) is 4. The molecule has 0 atom stereocenters. The summed E-state index contributed by atoms with van der Waals surface area (Å²) in [7, 11) is 0. The Bertz CT molecular complexity index is 580. The summed E-state index contributed by atoms with van der Waals surface area (Å²) in [4.78, 5) is 0. The number of pyridine rings is 1. The van der Waals surface area contributed by atoms with Crippen molar-refractivity contribution in [2.24, 2.45) is 0 Å². The van der Waals surface area contributed by atoms with Crippen molar-refractivity contribution in [1.82, 2.24) is 14.6 Å². The number of aromatic nitrogens is 3. The van der Waals surface area contributed by atoms with E-state index in [0.717, 1.165) is 24.3 Å². The third kappa shape index (κ3) is 3.80. The van der Waals surface area contributed by atoms with Crippen LogP contribution in [0.3, 0.4) is 0 Å². The van der Waals surface area contributed by atoms with Gasteiger partial charge in [-0.2, -0.15) is 5.26 Å². The van der Waals surface area contributed by atoms with Gasteiger partial charge in [0.05, 0.1) is 11.6 Å². The second-order valence-corrected chi connectivity index (χ2v) is 5.24. The highest BCUT2D eigenvalue weighted by Gasteiger charge is 2.05. The van der Waals surface area contributed by atoms with E-state index in [0.29, 0.717) is 5.56 Å². The molecule has 2 aromatic heterocycles. The predicted molar refractivity (Wildman–Crippen MR) is 79.4 cm³/mol. The Morgan fingerprint density at radius 2 is 1.85 bits per heavy atom. The zero-order valence-corrected chi connectivity index (χ0v) is 12.2. The van der Waals surface area contributed by atoms with Crippen molar-refractivity contribution >= 4 is 5.65 Å². The van der Waals surface area contributed by atoms with E-state index in [9.17, 15) is 0 Å². The molecular weight excluding hydrogens is 248 g/mol. The van der Waals surface area contributed by atoms with Crippen molar-refractivity contribution in [1.29, 1.82) is 5.26 Å². The molecule has 0 aliphatic rings. The molecule has 0 saturated carbocycles. The van der Waals surface area contributed by atoms with Crippen LogP contribution in [0.25, 0.3) is 5.65 Å². The lowest BCUT2D eigenvalue weighted by atomic mass is 10.1. The summed E-state index contributed by atoms with van der Waals surface area (Å²) in [6.45, 7) is 2.24. The minimum absolute atomic E-state index is 0.632. The molecule has 0 fully saturated rings. The molecule has 0 bridgehead atoms. The lowest BCUT2D eigenvalue weighted by Crippen LogP contribution is -1.95. The average molecular weight is 270 g/mol. The molecule has 106 valence electrons. The van der Waals surface area contributed by atoms with Crippen LogP contribution >= 0.6 is 0 Å². The Morgan fingerprint density at radius 1 is 1.10 bits per heavy atom. The molecule has 0 unspecified atom stereocenters. The first kappa shape index (κ1) is 14.5. The Hall–Kier alpha value is -1.89. The van der Waals surface area contributed by atoms with Crippen molar-refractivity contribution in [3.63, 3.8) is 0 Å². The molecule has 0 N–H and O–H groups in total. The van der Waals surface area contributed by atoms with Gasteiger partial charge >= 0.3 is 0 Å². The molecule has 4 heteroatoms. The summed E-state index contributed by atoms with van der Waals surface area (Å²) in [5.74, 6) is 0.998. The van der Waals surface area contributed by atoms with E-state index in [-0.39, 0.29) is 0 Å². The summed E-state index contributed by atoms with van der Waals surface area (Å²) in [5.41, 5.74) is 1.40. The second-order valence-electron chi connectivity index (χ2n) is 5.24. The van der Waals surface area contributed by atoms with Crippen LogP contribution in [0.5, 0.6) is 0 Å². The van der Waals surface area contributed by atoms with Gasteiger partial charge in [-0.3, -0.25) is 4.40 Å². The molecule has 2 rings (SSSR count). The van der Waals surface area contributed by atoms with Crippen LogP contribution in [0.4, 0.5) is 0 Å². The number of aryl methyl sites for hydroxylation is 1. The van der Waals surface area contributed by atoms with Crippen molar-refractivity contribution in [3.05, 3.63) is 29.7 Å². The fraction of sp³-hybridized carbons (Fsp3) is 0.562. The third-order valence-electron chi connectivity index (χ3n) is 3.61. The predicted octanol–water partition coefficient (Wildman–Crippen LogP) is 3.89. The molecule has 0 aliphatic heterocycles. The lowest BCUT2D eigenvalue weighted by molar-refractivity contribution is 0.583. The fourth-order valence-electron chi connectivity index (χ4n) is 2.42. The van der Waals surface area contributed by atoms with Crippen LogP contribution in [0.15, 0.2) is 18.3 Å². The lowest BCUT2D eigenvalue weighted by Gasteiger charge is -2.01. The van der Waals surface area contributed by atoms with Crippen molar-refractivity contribution in [3.8, 4) is 6.07 Å². The molecule has 2 heterocycles. The maximum absolute atomic E-state index is 8.86. The van der Waals surface area contributed by atoms with Crippen molar-refractivity contribution < 1.29 is 0 Å². The van der Waals surface area contributed by atoms with Crippen LogP contribution in [-0.4, -0.2) is 14.6 Å². The molecule has 0 aromatic carbocycles. The summed E-state index contributed by atoms with van der Waals surface area (Å²) >= 11 is 0. The van der Waals surface area contributed by atoms with E-state index in [2.05, 4.69) is 23.2 Å². The van der Waals surface area contributed by atoms with Crippen molar-refractivity contribution in [2.75, 3.05) is 0 Å². The van der Waals surface area contributed by atoms with Crippen LogP contribution < -0.4 is 0 Å². The summed E-state index contributed by atoms with van der Waals surface area (Å²) in [6, 6.07) is 5.71. The van der Waals surface area contributed by atoms with Gasteiger partial charge < -0.3 is 0 Å². The number of fused-ring (bicyclic) bond motifs is 1. The van der Waals surface area contributed by atoms with E-state index in [4.69, 9.17) is 5.26 Å². The van der Waals surface area contributed by atoms with Gasteiger partial charge in [-0.25, -0.2) is 0 Å². The molecule has 4 nitrogen and oxygen atoms in total. The maximum Gasteiger partial charge on any atom is 0.162 e. The second kappa shape index (κ2) is 7.64. The molecular formula is C16H22N4. The van der Waals surface area contributed by atoms with Crippen molar-refractivity contribution in [2.45, 2.75) is 58.3 Å². The van der Waals surface area contributed by atoms with E-state index in [1.165, 1.54) is 38.5 Å². The molecule has 0 spiro atoms. The smallest absolute Gasteiger partial charge is 0.162 e. The zero-order chi connectivity index (χ0) is 14.2. The summed E-state index contributed by atoms with van der Waals surface area (Å²) in [5, 5.41) is 17.2. The van der Waals surface area contributed by atoms with Gasteiger partial charge in [0, 0.05) is 18.7 Å². The molecule has 0 radical (unpaired) electrons. The summed E-state index contributed by atoms with van der Waals surface area (Å²) < 4.78 is 1.98. The van der Waals surface area contributed by atoms with Gasteiger partial charge in [-0.05, 0) is 12.5 Å².